The highest BCUT2D eigenvalue weighted by atomic mass is 32.2. The molecule has 0 spiro atoms. The van der Waals surface area contributed by atoms with Crippen LogP contribution in [0.3, 0.4) is 0 Å². The Labute approximate surface area is 209 Å². The number of nitrogens with one attached hydrogen (secondary N) is 1. The Morgan fingerprint density at radius 2 is 1.53 bits per heavy atom. The Morgan fingerprint density at radius 3 is 2.14 bits per heavy atom. The smallest absolute Gasteiger partial charge is 0.262 e. The van der Waals surface area contributed by atoms with Crippen LogP contribution in [0.4, 0.5) is 0 Å². The van der Waals surface area contributed by atoms with Crippen molar-refractivity contribution in [1.29, 1.82) is 0 Å². The van der Waals surface area contributed by atoms with Gasteiger partial charge < -0.3 is 18.9 Å². The number of carbonyl (C=O) groups excluding carboxylic acids is 1. The van der Waals surface area contributed by atoms with Crippen molar-refractivity contribution in [3.63, 3.8) is 0 Å². The molecule has 11 heteroatoms. The van der Waals surface area contributed by atoms with Gasteiger partial charge in [0.2, 0.25) is 16.8 Å². The summed E-state index contributed by atoms with van der Waals surface area (Å²) in [7, 11) is -1.21. The van der Waals surface area contributed by atoms with E-state index in [0.29, 0.717) is 34.1 Å². The minimum absolute atomic E-state index is 0.00365. The topological polar surface area (TPSA) is 124 Å². The lowest BCUT2D eigenvalue weighted by Crippen LogP contribution is -2.49. The van der Waals surface area contributed by atoms with Gasteiger partial charge in [-0.05, 0) is 66.1 Å². The monoisotopic (exact) mass is 514 g/mol. The highest BCUT2D eigenvalue weighted by Crippen LogP contribution is 2.34. The number of benzene rings is 3. The number of fused-ring (bicyclic) bond motifs is 1. The molecule has 0 saturated heterocycles. The normalized spacial score (nSPS) is 13.3. The van der Waals surface area contributed by atoms with Gasteiger partial charge in [-0.2, -0.15) is 4.31 Å². The lowest BCUT2D eigenvalue weighted by atomic mass is 10.0. The number of nitrogens with zero attached hydrogens (tertiary/aromatic N) is 1. The number of sulfonamides is 1. The summed E-state index contributed by atoms with van der Waals surface area (Å²) in [4.78, 5) is 12.8. The number of amides is 1. The van der Waals surface area contributed by atoms with Gasteiger partial charge in [-0.1, -0.05) is 18.2 Å². The zero-order chi connectivity index (χ0) is 25.7. The van der Waals surface area contributed by atoms with Crippen molar-refractivity contribution in [2.24, 2.45) is 0 Å². The average molecular weight is 515 g/mol. The van der Waals surface area contributed by atoms with Crippen LogP contribution in [0.5, 0.6) is 23.0 Å². The molecule has 0 bridgehead atoms. The summed E-state index contributed by atoms with van der Waals surface area (Å²) in [6.07, 6.45) is -0.00365. The maximum absolute atomic E-state index is 13.9. The second kappa shape index (κ2) is 10.9. The standard InChI is InChI=1S/C25H26N2O8S/c1-32-19-6-3-17(4-7-19)13-22(25(28)26-29)27(15-18-5-12-23-24(14-18)35-16-34-23)36(30,31)21-10-8-20(33-2)9-11-21/h3-12,14,22,29H,13,15-16H2,1-2H3,(H,26,28)/t22-/m1/s1. The summed E-state index contributed by atoms with van der Waals surface area (Å²) in [5, 5.41) is 9.52. The van der Waals surface area contributed by atoms with Crippen LogP contribution in [0.15, 0.2) is 71.6 Å². The van der Waals surface area contributed by atoms with Crippen molar-refractivity contribution in [3.8, 4) is 23.0 Å². The van der Waals surface area contributed by atoms with Crippen LogP contribution in [0.1, 0.15) is 11.1 Å². The lowest BCUT2D eigenvalue weighted by Gasteiger charge is -2.30. The maximum Gasteiger partial charge on any atom is 0.262 e. The van der Waals surface area contributed by atoms with Crippen molar-refractivity contribution in [3.05, 3.63) is 77.9 Å². The molecule has 190 valence electrons. The van der Waals surface area contributed by atoms with E-state index in [-0.39, 0.29) is 24.7 Å². The fourth-order valence-electron chi connectivity index (χ4n) is 3.85. The van der Waals surface area contributed by atoms with Crippen molar-refractivity contribution < 1.29 is 37.4 Å². The molecule has 1 heterocycles. The molecule has 36 heavy (non-hydrogen) atoms. The van der Waals surface area contributed by atoms with Gasteiger partial charge in [-0.25, -0.2) is 13.9 Å². The van der Waals surface area contributed by atoms with Gasteiger partial charge in [-0.3, -0.25) is 10.0 Å². The molecule has 2 N–H and O–H groups in total. The van der Waals surface area contributed by atoms with Crippen molar-refractivity contribution in [1.82, 2.24) is 9.79 Å². The molecule has 0 aliphatic carbocycles. The fourth-order valence-corrected chi connectivity index (χ4v) is 5.42. The molecule has 0 aromatic heterocycles. The summed E-state index contributed by atoms with van der Waals surface area (Å²) in [5.41, 5.74) is 2.87. The summed E-state index contributed by atoms with van der Waals surface area (Å²) < 4.78 is 49.9. The molecule has 1 amide bonds. The number of carbonyl (C=O) groups is 1. The highest BCUT2D eigenvalue weighted by molar-refractivity contribution is 7.89. The first-order valence-electron chi connectivity index (χ1n) is 11.0. The molecule has 10 nitrogen and oxygen atoms in total. The molecule has 0 unspecified atom stereocenters. The first-order chi connectivity index (χ1) is 17.3. The molecule has 4 rings (SSSR count). The summed E-state index contributed by atoms with van der Waals surface area (Å²) in [5.74, 6) is 1.26. The van der Waals surface area contributed by atoms with Gasteiger partial charge in [0, 0.05) is 6.54 Å². The zero-order valence-electron chi connectivity index (χ0n) is 19.7. The highest BCUT2D eigenvalue weighted by Gasteiger charge is 2.36. The van der Waals surface area contributed by atoms with E-state index in [4.69, 9.17) is 18.9 Å². The van der Waals surface area contributed by atoms with E-state index in [1.54, 1.807) is 47.9 Å². The second-order valence-electron chi connectivity index (χ2n) is 7.96. The van der Waals surface area contributed by atoms with Crippen LogP contribution in [0.2, 0.25) is 0 Å². The first-order valence-corrected chi connectivity index (χ1v) is 12.4. The second-order valence-corrected chi connectivity index (χ2v) is 9.85. The van der Waals surface area contributed by atoms with Crippen LogP contribution in [0.25, 0.3) is 0 Å². The molecule has 0 fully saturated rings. The van der Waals surface area contributed by atoms with Gasteiger partial charge in [0.1, 0.15) is 17.5 Å². The summed E-state index contributed by atoms with van der Waals surface area (Å²) in [6, 6.07) is 16.5. The third-order valence-electron chi connectivity index (χ3n) is 5.79. The minimum atomic E-state index is -4.22. The molecule has 1 atom stereocenters. The lowest BCUT2D eigenvalue weighted by molar-refractivity contribution is -0.133. The average Bonchev–Trinajstić information content (AvgIpc) is 3.38. The van der Waals surface area contributed by atoms with Crippen LogP contribution in [-0.4, -0.2) is 50.9 Å². The van der Waals surface area contributed by atoms with E-state index in [1.807, 2.05) is 0 Å². The van der Waals surface area contributed by atoms with Gasteiger partial charge in [0.15, 0.2) is 11.5 Å². The van der Waals surface area contributed by atoms with Crippen LogP contribution in [-0.2, 0) is 27.8 Å². The predicted molar refractivity (Wildman–Crippen MR) is 129 cm³/mol. The Hall–Kier alpha value is -3.80. The third-order valence-corrected chi connectivity index (χ3v) is 7.66. The van der Waals surface area contributed by atoms with Crippen LogP contribution in [0, 0.1) is 0 Å². The summed E-state index contributed by atoms with van der Waals surface area (Å²) in [6.45, 7) is -0.0983. The van der Waals surface area contributed by atoms with Crippen LogP contribution >= 0.6 is 0 Å². The molecule has 1 aliphatic heterocycles. The molecule has 3 aromatic carbocycles. The van der Waals surface area contributed by atoms with Gasteiger partial charge in [0.25, 0.3) is 5.91 Å². The molecule has 0 saturated carbocycles. The molecule has 3 aromatic rings. The fraction of sp³-hybridized carbons (Fsp3) is 0.240. The van der Waals surface area contributed by atoms with Gasteiger partial charge in [0.05, 0.1) is 19.1 Å². The van der Waals surface area contributed by atoms with Crippen molar-refractivity contribution in [2.75, 3.05) is 21.0 Å². The quantitative estimate of drug-likeness (QED) is 0.313. The maximum atomic E-state index is 13.9. The van der Waals surface area contributed by atoms with E-state index in [0.717, 1.165) is 4.31 Å². The Balaban J connectivity index is 1.76. The third kappa shape index (κ3) is 5.38. The summed E-state index contributed by atoms with van der Waals surface area (Å²) >= 11 is 0. The minimum Gasteiger partial charge on any atom is -0.497 e. The number of hydroxylamine groups is 1. The molecular weight excluding hydrogens is 488 g/mol. The number of ether oxygens (including phenoxy) is 4. The molecule has 1 aliphatic rings. The number of rotatable bonds is 10. The van der Waals surface area contributed by atoms with Crippen LogP contribution < -0.4 is 24.4 Å². The first kappa shape index (κ1) is 25.3. The van der Waals surface area contributed by atoms with E-state index < -0.39 is 22.0 Å². The van der Waals surface area contributed by atoms with Gasteiger partial charge in [-0.15, -0.1) is 0 Å². The molecular formula is C25H26N2O8S. The van der Waals surface area contributed by atoms with E-state index in [1.165, 1.54) is 38.5 Å². The zero-order valence-corrected chi connectivity index (χ0v) is 20.5. The van der Waals surface area contributed by atoms with Crippen molar-refractivity contribution in [2.45, 2.75) is 23.9 Å². The Morgan fingerprint density at radius 1 is 0.944 bits per heavy atom. The van der Waals surface area contributed by atoms with E-state index >= 15 is 0 Å². The van der Waals surface area contributed by atoms with Gasteiger partial charge >= 0.3 is 0 Å². The van der Waals surface area contributed by atoms with E-state index in [9.17, 15) is 18.4 Å². The Bertz CT molecular complexity index is 1310. The largest absolute Gasteiger partial charge is 0.497 e. The molecule has 0 radical (unpaired) electrons. The number of methoxy groups -OCH3 is 2. The number of hydrogen-bond acceptors (Lipinski definition) is 8. The predicted octanol–water partition coefficient (Wildman–Crippen LogP) is 2.74. The SMILES string of the molecule is COc1ccc(C[C@H](C(=O)NO)N(Cc2ccc3c(c2)OCO3)S(=O)(=O)c2ccc(OC)cc2)cc1. The Kier molecular flexibility index (Phi) is 7.63. The van der Waals surface area contributed by atoms with Crippen molar-refractivity contribution >= 4 is 15.9 Å². The van der Waals surface area contributed by atoms with E-state index in [2.05, 4.69) is 0 Å². The number of hydrogen-bond donors (Lipinski definition) is 2.